The maximum atomic E-state index is 14.6. The van der Waals surface area contributed by atoms with Crippen molar-refractivity contribution in [2.75, 3.05) is 6.61 Å². The van der Waals surface area contributed by atoms with Crippen molar-refractivity contribution in [1.29, 1.82) is 0 Å². The van der Waals surface area contributed by atoms with Crippen LogP contribution in [0.4, 0.5) is 8.78 Å². The molecule has 4 aromatic rings. The summed E-state index contributed by atoms with van der Waals surface area (Å²) in [6.45, 7) is 1.59. The summed E-state index contributed by atoms with van der Waals surface area (Å²) < 4.78 is 30.7. The molecule has 0 atom stereocenters. The SMILES string of the molecule is Cc1ccc(Cc2c(-c3ccc(F)c(C#CCCO)c3)nn(-c3nc(C(=O)O)cs3)c2CC2CC2)cc1F. The molecule has 5 rings (SSSR count). The van der Waals surface area contributed by atoms with Crippen LogP contribution >= 0.6 is 11.3 Å². The number of rotatable bonds is 8. The third kappa shape index (κ3) is 5.52. The lowest BCUT2D eigenvalue weighted by Gasteiger charge is -2.10. The summed E-state index contributed by atoms with van der Waals surface area (Å²) >= 11 is 1.18. The second kappa shape index (κ2) is 10.9. The van der Waals surface area contributed by atoms with E-state index >= 15 is 0 Å². The summed E-state index contributed by atoms with van der Waals surface area (Å²) in [5, 5.41) is 25.2. The molecule has 9 heteroatoms. The summed E-state index contributed by atoms with van der Waals surface area (Å²) in [7, 11) is 0. The number of hydrogen-bond donors (Lipinski definition) is 2. The summed E-state index contributed by atoms with van der Waals surface area (Å²) in [4.78, 5) is 15.8. The first-order valence-electron chi connectivity index (χ1n) is 12.3. The fourth-order valence-electron chi connectivity index (χ4n) is 4.26. The van der Waals surface area contributed by atoms with Crippen molar-refractivity contribution in [3.8, 4) is 28.2 Å². The first-order valence-corrected chi connectivity index (χ1v) is 13.2. The molecule has 0 saturated heterocycles. The van der Waals surface area contributed by atoms with Crippen LogP contribution in [0, 0.1) is 36.3 Å². The van der Waals surface area contributed by atoms with Crippen LogP contribution < -0.4 is 0 Å². The normalized spacial score (nSPS) is 12.8. The molecular formula is C29H25F2N3O3S. The first kappa shape index (κ1) is 25.8. The molecule has 0 aliphatic heterocycles. The molecule has 194 valence electrons. The standard InChI is InChI=1S/C29H25F2N3O3S/c1-17-5-6-19(13-24(17)31)12-22-26(14-18-7-8-18)34(29-32-25(16-38-29)28(36)37)33-27(22)21-9-10-23(30)20(15-21)4-2-3-11-35/h5-6,9-10,13,15-16,18,35H,3,7-8,11-12,14H2,1H3,(H,36,37). The number of aliphatic hydroxyl groups is 1. The number of aromatic carboxylic acids is 1. The number of carboxylic acid groups (broad SMARTS) is 1. The predicted octanol–water partition coefficient (Wildman–Crippen LogP) is 5.56. The highest BCUT2D eigenvalue weighted by molar-refractivity contribution is 7.12. The van der Waals surface area contributed by atoms with Crippen LogP contribution in [0.2, 0.25) is 0 Å². The van der Waals surface area contributed by atoms with Gasteiger partial charge in [-0.15, -0.1) is 11.3 Å². The molecule has 1 fully saturated rings. The highest BCUT2D eigenvalue weighted by Crippen LogP contribution is 2.38. The lowest BCUT2D eigenvalue weighted by molar-refractivity contribution is 0.0691. The zero-order valence-corrected chi connectivity index (χ0v) is 21.5. The van der Waals surface area contributed by atoms with Gasteiger partial charge in [0.2, 0.25) is 5.13 Å². The maximum absolute atomic E-state index is 14.6. The summed E-state index contributed by atoms with van der Waals surface area (Å²) in [5.41, 5.74) is 4.39. The molecular weight excluding hydrogens is 508 g/mol. The van der Waals surface area contributed by atoms with Crippen molar-refractivity contribution in [2.24, 2.45) is 5.92 Å². The van der Waals surface area contributed by atoms with Crippen molar-refractivity contribution in [3.05, 3.63) is 87.1 Å². The number of halogens is 2. The quantitative estimate of drug-likeness (QED) is 0.290. The minimum Gasteiger partial charge on any atom is -0.476 e. The van der Waals surface area contributed by atoms with Gasteiger partial charge in [-0.1, -0.05) is 24.0 Å². The fourth-order valence-corrected chi connectivity index (χ4v) is 5.03. The molecule has 1 aliphatic rings. The maximum Gasteiger partial charge on any atom is 0.355 e. The molecule has 0 radical (unpaired) electrons. The number of carboxylic acids is 1. The molecule has 2 aromatic heterocycles. The van der Waals surface area contributed by atoms with E-state index in [-0.39, 0.29) is 30.1 Å². The van der Waals surface area contributed by atoms with Gasteiger partial charge >= 0.3 is 5.97 Å². The van der Waals surface area contributed by atoms with Gasteiger partial charge in [-0.3, -0.25) is 0 Å². The fraction of sp³-hybridized carbons (Fsp3) is 0.276. The molecule has 0 bridgehead atoms. The topological polar surface area (TPSA) is 88.2 Å². The van der Waals surface area contributed by atoms with Crippen molar-refractivity contribution >= 4 is 17.3 Å². The number of aliphatic hydroxyl groups excluding tert-OH is 1. The second-order valence-corrected chi connectivity index (χ2v) is 10.2. The van der Waals surface area contributed by atoms with Crippen LogP contribution in [0.5, 0.6) is 0 Å². The van der Waals surface area contributed by atoms with Crippen molar-refractivity contribution in [2.45, 2.75) is 39.0 Å². The largest absolute Gasteiger partial charge is 0.476 e. The Kier molecular flexibility index (Phi) is 7.36. The van der Waals surface area contributed by atoms with Gasteiger partial charge in [0.05, 0.1) is 23.6 Å². The minimum atomic E-state index is -1.12. The van der Waals surface area contributed by atoms with Gasteiger partial charge in [0.15, 0.2) is 5.69 Å². The minimum absolute atomic E-state index is 0.0650. The Morgan fingerprint density at radius 3 is 2.68 bits per heavy atom. The molecule has 38 heavy (non-hydrogen) atoms. The van der Waals surface area contributed by atoms with Gasteiger partial charge in [-0.25, -0.2) is 23.2 Å². The number of hydrogen-bond acceptors (Lipinski definition) is 5. The predicted molar refractivity (Wildman–Crippen MR) is 141 cm³/mol. The van der Waals surface area contributed by atoms with Crippen molar-refractivity contribution in [1.82, 2.24) is 14.8 Å². The molecule has 0 unspecified atom stereocenters. The molecule has 0 spiro atoms. The zero-order valence-electron chi connectivity index (χ0n) is 20.7. The number of benzene rings is 2. The molecule has 0 amide bonds. The van der Waals surface area contributed by atoms with E-state index < -0.39 is 11.8 Å². The first-order chi connectivity index (χ1) is 18.3. The average Bonchev–Trinajstić information content (AvgIpc) is 3.45. The number of carbonyl (C=O) groups is 1. The van der Waals surface area contributed by atoms with Crippen LogP contribution in [0.15, 0.2) is 41.8 Å². The number of nitrogens with zero attached hydrogens (tertiary/aromatic N) is 3. The average molecular weight is 534 g/mol. The van der Waals surface area contributed by atoms with Crippen LogP contribution in [0.1, 0.15) is 57.7 Å². The van der Waals surface area contributed by atoms with E-state index in [4.69, 9.17) is 10.2 Å². The van der Waals surface area contributed by atoms with E-state index in [0.717, 1.165) is 29.7 Å². The van der Waals surface area contributed by atoms with Gasteiger partial charge in [-0.05, 0) is 67.5 Å². The lowest BCUT2D eigenvalue weighted by atomic mass is 9.95. The molecule has 2 aromatic carbocycles. The van der Waals surface area contributed by atoms with E-state index in [1.54, 1.807) is 29.8 Å². The highest BCUT2D eigenvalue weighted by Gasteiger charge is 2.29. The van der Waals surface area contributed by atoms with E-state index in [9.17, 15) is 18.7 Å². The van der Waals surface area contributed by atoms with Crippen molar-refractivity contribution in [3.63, 3.8) is 0 Å². The Hall–Kier alpha value is -3.87. The van der Waals surface area contributed by atoms with Gasteiger partial charge in [0, 0.05) is 29.3 Å². The van der Waals surface area contributed by atoms with E-state index in [2.05, 4.69) is 16.8 Å². The van der Waals surface area contributed by atoms with E-state index in [1.165, 1.54) is 28.8 Å². The van der Waals surface area contributed by atoms with Crippen LogP contribution in [0.3, 0.4) is 0 Å². The monoisotopic (exact) mass is 533 g/mol. The Bertz CT molecular complexity index is 1580. The van der Waals surface area contributed by atoms with Crippen LogP contribution in [0.25, 0.3) is 16.4 Å². The van der Waals surface area contributed by atoms with Gasteiger partial charge in [0.1, 0.15) is 11.6 Å². The van der Waals surface area contributed by atoms with Gasteiger partial charge < -0.3 is 10.2 Å². The Labute approximate surface area is 222 Å². The third-order valence-electron chi connectivity index (χ3n) is 6.48. The van der Waals surface area contributed by atoms with Gasteiger partial charge in [-0.2, -0.15) is 5.10 Å². The molecule has 1 saturated carbocycles. The zero-order chi connectivity index (χ0) is 26.8. The Balaban J connectivity index is 1.69. The van der Waals surface area contributed by atoms with Crippen molar-refractivity contribution < 1.29 is 23.8 Å². The smallest absolute Gasteiger partial charge is 0.355 e. The Morgan fingerprint density at radius 1 is 1.18 bits per heavy atom. The number of aryl methyl sites for hydroxylation is 1. The summed E-state index contributed by atoms with van der Waals surface area (Å²) in [6, 6.07) is 9.71. The summed E-state index contributed by atoms with van der Waals surface area (Å²) in [5.74, 6) is 4.10. The number of thiazole rings is 1. The number of aromatic nitrogens is 3. The molecule has 6 nitrogen and oxygen atoms in total. The third-order valence-corrected chi connectivity index (χ3v) is 7.29. The second-order valence-electron chi connectivity index (χ2n) is 9.38. The van der Waals surface area contributed by atoms with Crippen LogP contribution in [-0.2, 0) is 12.8 Å². The van der Waals surface area contributed by atoms with Gasteiger partial charge in [0.25, 0.3) is 0 Å². The van der Waals surface area contributed by atoms with E-state index in [0.29, 0.717) is 40.7 Å². The van der Waals surface area contributed by atoms with E-state index in [1.807, 2.05) is 6.07 Å². The summed E-state index contributed by atoms with van der Waals surface area (Å²) in [6.07, 6.45) is 3.48. The molecule has 2 heterocycles. The van der Waals surface area contributed by atoms with Crippen LogP contribution in [-0.4, -0.2) is 37.6 Å². The molecule has 2 N–H and O–H groups in total. The lowest BCUT2D eigenvalue weighted by Crippen LogP contribution is -2.06. The highest BCUT2D eigenvalue weighted by atomic mass is 32.1. The Morgan fingerprint density at radius 2 is 2.00 bits per heavy atom. The molecule has 1 aliphatic carbocycles.